The van der Waals surface area contributed by atoms with Crippen molar-refractivity contribution in [1.29, 1.82) is 0 Å². The maximum atomic E-state index is 12.8. The Morgan fingerprint density at radius 3 is 2.92 bits per heavy atom. The second-order valence-corrected chi connectivity index (χ2v) is 6.97. The van der Waals surface area contributed by atoms with Crippen molar-refractivity contribution in [3.05, 3.63) is 35.5 Å². The van der Waals surface area contributed by atoms with Gasteiger partial charge in [0, 0.05) is 24.5 Å². The van der Waals surface area contributed by atoms with Crippen LogP contribution in [0.25, 0.3) is 10.9 Å². The molecular formula is C18H21N3O3. The van der Waals surface area contributed by atoms with E-state index in [1.54, 1.807) is 11.9 Å². The van der Waals surface area contributed by atoms with E-state index in [0.717, 1.165) is 17.3 Å². The number of benzene rings is 1. The van der Waals surface area contributed by atoms with Gasteiger partial charge in [0.25, 0.3) is 5.91 Å². The number of fused-ring (bicyclic) bond motifs is 1. The molecule has 1 spiro atoms. The standard InChI is InChI=1S/C18H21N3O3/c1-12-3-4-14-13(7-12)8-15(19-14)17(23)21-6-5-18(11-21)10-20(2)16(22)9-24-18/h3-4,7-8,19H,5-6,9-11H2,1-2H3. The predicted molar refractivity (Wildman–Crippen MR) is 89.9 cm³/mol. The lowest BCUT2D eigenvalue weighted by atomic mass is 10.0. The number of likely N-dealkylation sites (N-methyl/N-ethyl adjacent to an activating group) is 1. The molecule has 126 valence electrons. The molecule has 2 aromatic rings. The van der Waals surface area contributed by atoms with Gasteiger partial charge in [-0.1, -0.05) is 11.6 Å². The fraction of sp³-hybridized carbons (Fsp3) is 0.444. The number of carbonyl (C=O) groups is 2. The molecule has 1 unspecified atom stereocenters. The Kier molecular flexibility index (Phi) is 3.38. The van der Waals surface area contributed by atoms with Crippen molar-refractivity contribution in [2.45, 2.75) is 18.9 Å². The second-order valence-electron chi connectivity index (χ2n) is 6.97. The molecule has 0 saturated carbocycles. The Hall–Kier alpha value is -2.34. The summed E-state index contributed by atoms with van der Waals surface area (Å²) < 4.78 is 5.80. The van der Waals surface area contributed by atoms with Gasteiger partial charge >= 0.3 is 0 Å². The number of nitrogens with zero attached hydrogens (tertiary/aromatic N) is 2. The third kappa shape index (κ3) is 2.47. The summed E-state index contributed by atoms with van der Waals surface area (Å²) in [7, 11) is 1.79. The molecule has 2 saturated heterocycles. The highest BCUT2D eigenvalue weighted by Gasteiger charge is 2.45. The summed E-state index contributed by atoms with van der Waals surface area (Å²) >= 11 is 0. The van der Waals surface area contributed by atoms with E-state index in [1.807, 2.05) is 30.0 Å². The number of rotatable bonds is 1. The van der Waals surface area contributed by atoms with Gasteiger partial charge in [-0.15, -0.1) is 0 Å². The normalized spacial score (nSPS) is 24.3. The van der Waals surface area contributed by atoms with Crippen LogP contribution >= 0.6 is 0 Å². The molecule has 4 rings (SSSR count). The number of aromatic amines is 1. The zero-order valence-electron chi connectivity index (χ0n) is 14.0. The summed E-state index contributed by atoms with van der Waals surface area (Å²) in [4.78, 5) is 31.2. The number of amides is 2. The highest BCUT2D eigenvalue weighted by atomic mass is 16.5. The van der Waals surface area contributed by atoms with Crippen molar-refractivity contribution in [3.63, 3.8) is 0 Å². The molecule has 0 bridgehead atoms. The first kappa shape index (κ1) is 15.2. The Morgan fingerprint density at radius 2 is 2.12 bits per heavy atom. The van der Waals surface area contributed by atoms with Gasteiger partial charge in [0.2, 0.25) is 5.91 Å². The average molecular weight is 327 g/mol. The molecular weight excluding hydrogens is 306 g/mol. The molecule has 0 radical (unpaired) electrons. The molecule has 2 aliphatic heterocycles. The van der Waals surface area contributed by atoms with Crippen LogP contribution in [0.2, 0.25) is 0 Å². The Labute approximate surface area is 140 Å². The molecule has 3 heterocycles. The van der Waals surface area contributed by atoms with Crippen LogP contribution in [0, 0.1) is 6.92 Å². The molecule has 2 fully saturated rings. The van der Waals surface area contributed by atoms with Gasteiger partial charge in [-0.05, 0) is 31.5 Å². The van der Waals surface area contributed by atoms with Gasteiger partial charge in [0.15, 0.2) is 0 Å². The molecule has 1 N–H and O–H groups in total. The maximum absolute atomic E-state index is 12.8. The number of likely N-dealkylation sites (tertiary alicyclic amines) is 1. The van der Waals surface area contributed by atoms with Crippen LogP contribution in [0.1, 0.15) is 22.5 Å². The van der Waals surface area contributed by atoms with Crippen LogP contribution in [-0.4, -0.2) is 65.5 Å². The minimum absolute atomic E-state index is 0.00334. The SMILES string of the molecule is Cc1ccc2[nH]c(C(=O)N3CCC4(CN(C)C(=O)CO4)C3)cc2c1. The largest absolute Gasteiger partial charge is 0.361 e. The van der Waals surface area contributed by atoms with Crippen LogP contribution in [0.15, 0.2) is 24.3 Å². The predicted octanol–water partition coefficient (Wildman–Crippen LogP) is 1.55. The van der Waals surface area contributed by atoms with Crippen LogP contribution < -0.4 is 0 Å². The third-order valence-corrected chi connectivity index (χ3v) is 5.06. The molecule has 1 atom stereocenters. The monoisotopic (exact) mass is 327 g/mol. The van der Waals surface area contributed by atoms with E-state index < -0.39 is 5.60 Å². The summed E-state index contributed by atoms with van der Waals surface area (Å²) in [6.45, 7) is 3.86. The van der Waals surface area contributed by atoms with Crippen LogP contribution in [-0.2, 0) is 9.53 Å². The van der Waals surface area contributed by atoms with Crippen molar-refractivity contribution in [1.82, 2.24) is 14.8 Å². The van der Waals surface area contributed by atoms with E-state index >= 15 is 0 Å². The smallest absolute Gasteiger partial charge is 0.270 e. The highest BCUT2D eigenvalue weighted by molar-refractivity contribution is 5.98. The lowest BCUT2D eigenvalue weighted by Gasteiger charge is -2.38. The number of aromatic nitrogens is 1. The molecule has 1 aromatic heterocycles. The van der Waals surface area contributed by atoms with E-state index in [2.05, 4.69) is 11.1 Å². The summed E-state index contributed by atoms with van der Waals surface area (Å²) in [6, 6.07) is 8.00. The van der Waals surface area contributed by atoms with E-state index in [9.17, 15) is 9.59 Å². The fourth-order valence-corrected chi connectivity index (χ4v) is 3.69. The summed E-state index contributed by atoms with van der Waals surface area (Å²) in [6.07, 6.45) is 0.760. The Bertz CT molecular complexity index is 828. The third-order valence-electron chi connectivity index (χ3n) is 5.06. The molecule has 2 amide bonds. The minimum atomic E-state index is -0.416. The number of hydrogen-bond donors (Lipinski definition) is 1. The van der Waals surface area contributed by atoms with E-state index in [4.69, 9.17) is 4.74 Å². The number of nitrogens with one attached hydrogen (secondary N) is 1. The zero-order valence-corrected chi connectivity index (χ0v) is 14.0. The van der Waals surface area contributed by atoms with Crippen molar-refractivity contribution < 1.29 is 14.3 Å². The van der Waals surface area contributed by atoms with Gasteiger partial charge in [-0.3, -0.25) is 9.59 Å². The van der Waals surface area contributed by atoms with Gasteiger partial charge in [-0.2, -0.15) is 0 Å². The Balaban J connectivity index is 1.53. The zero-order chi connectivity index (χ0) is 16.9. The van der Waals surface area contributed by atoms with Crippen LogP contribution in [0.5, 0.6) is 0 Å². The topological polar surface area (TPSA) is 65.6 Å². The second kappa shape index (κ2) is 5.34. The number of ether oxygens (including phenoxy) is 1. The average Bonchev–Trinajstić information content (AvgIpc) is 3.15. The van der Waals surface area contributed by atoms with Gasteiger partial charge in [0.1, 0.15) is 17.9 Å². The maximum Gasteiger partial charge on any atom is 0.270 e. The van der Waals surface area contributed by atoms with Crippen molar-refractivity contribution in [2.24, 2.45) is 0 Å². The Morgan fingerprint density at radius 1 is 1.29 bits per heavy atom. The summed E-state index contributed by atoms with van der Waals surface area (Å²) in [5, 5.41) is 1.05. The lowest BCUT2D eigenvalue weighted by molar-refractivity contribution is -0.158. The number of H-pyrrole nitrogens is 1. The molecule has 24 heavy (non-hydrogen) atoms. The van der Waals surface area contributed by atoms with E-state index in [1.165, 1.54) is 5.56 Å². The van der Waals surface area contributed by atoms with Crippen LogP contribution in [0.3, 0.4) is 0 Å². The molecule has 2 aliphatic rings. The number of hydrogen-bond acceptors (Lipinski definition) is 3. The first-order valence-electron chi connectivity index (χ1n) is 8.22. The molecule has 0 aliphatic carbocycles. The minimum Gasteiger partial charge on any atom is -0.361 e. The highest BCUT2D eigenvalue weighted by Crippen LogP contribution is 2.30. The van der Waals surface area contributed by atoms with E-state index in [-0.39, 0.29) is 18.4 Å². The summed E-state index contributed by atoms with van der Waals surface area (Å²) in [5.41, 5.74) is 2.33. The van der Waals surface area contributed by atoms with Crippen LogP contribution in [0.4, 0.5) is 0 Å². The first-order chi connectivity index (χ1) is 11.5. The van der Waals surface area contributed by atoms with Gasteiger partial charge in [-0.25, -0.2) is 0 Å². The van der Waals surface area contributed by atoms with Crippen molar-refractivity contribution in [3.8, 4) is 0 Å². The number of aryl methyl sites for hydroxylation is 1. The fourth-order valence-electron chi connectivity index (χ4n) is 3.69. The quantitative estimate of drug-likeness (QED) is 0.864. The number of morpholine rings is 1. The summed E-state index contributed by atoms with van der Waals surface area (Å²) in [5.74, 6) is -0.0136. The van der Waals surface area contributed by atoms with Crippen molar-refractivity contribution in [2.75, 3.05) is 33.3 Å². The molecule has 6 heteroatoms. The van der Waals surface area contributed by atoms with Gasteiger partial charge in [0.05, 0.1) is 13.1 Å². The van der Waals surface area contributed by atoms with Gasteiger partial charge < -0.3 is 19.5 Å². The molecule has 6 nitrogen and oxygen atoms in total. The van der Waals surface area contributed by atoms with Crippen molar-refractivity contribution >= 4 is 22.7 Å². The van der Waals surface area contributed by atoms with E-state index in [0.29, 0.717) is 25.3 Å². The first-order valence-corrected chi connectivity index (χ1v) is 8.22. The lowest BCUT2D eigenvalue weighted by Crippen LogP contribution is -2.54. The molecule has 1 aromatic carbocycles. The number of carbonyl (C=O) groups excluding carboxylic acids is 2.